The molecule has 4 aromatic heterocycles. The smallest absolute Gasteiger partial charge is 0.257 e. The van der Waals surface area contributed by atoms with E-state index in [-0.39, 0.29) is 5.69 Å². The van der Waals surface area contributed by atoms with Crippen LogP contribution in [0.15, 0.2) is 48.9 Å². The first-order chi connectivity index (χ1) is 13.5. The molecule has 0 amide bonds. The van der Waals surface area contributed by atoms with Crippen molar-refractivity contribution in [3.63, 3.8) is 0 Å². The molecule has 4 heterocycles. The molecule has 4 rings (SSSR count). The van der Waals surface area contributed by atoms with Crippen LogP contribution in [0.3, 0.4) is 0 Å². The summed E-state index contributed by atoms with van der Waals surface area (Å²) in [7, 11) is 0. The van der Waals surface area contributed by atoms with E-state index in [1.807, 2.05) is 0 Å². The number of aromatic nitrogens is 5. The van der Waals surface area contributed by atoms with Gasteiger partial charge in [0.1, 0.15) is 23.3 Å². The van der Waals surface area contributed by atoms with Gasteiger partial charge in [0.2, 0.25) is 0 Å². The van der Waals surface area contributed by atoms with Crippen LogP contribution >= 0.6 is 0 Å². The molecule has 9 heteroatoms. The van der Waals surface area contributed by atoms with Crippen molar-refractivity contribution in [2.75, 3.05) is 5.32 Å². The normalized spacial score (nSPS) is 11.3. The second-order valence-electron chi connectivity index (χ2n) is 6.17. The van der Waals surface area contributed by atoms with Crippen LogP contribution in [0, 0.1) is 12.7 Å². The maximum Gasteiger partial charge on any atom is 0.257 e. The fourth-order valence-corrected chi connectivity index (χ4v) is 2.82. The third kappa shape index (κ3) is 3.64. The highest BCUT2D eigenvalue weighted by Crippen LogP contribution is 2.27. The van der Waals surface area contributed by atoms with Gasteiger partial charge in [-0.3, -0.25) is 14.6 Å². The largest absolute Gasteiger partial charge is 0.353 e. The molecule has 0 aliphatic carbocycles. The van der Waals surface area contributed by atoms with Crippen molar-refractivity contribution >= 4 is 22.4 Å². The van der Waals surface area contributed by atoms with Gasteiger partial charge in [-0.15, -0.1) is 0 Å². The van der Waals surface area contributed by atoms with Gasteiger partial charge in [0, 0.05) is 23.8 Å². The minimum Gasteiger partial charge on any atom is -0.353 e. The number of aryl methyl sites for hydroxylation is 1. The van der Waals surface area contributed by atoms with Crippen molar-refractivity contribution in [3.8, 4) is 11.4 Å². The Balaban J connectivity index is 1.68. The van der Waals surface area contributed by atoms with Crippen LogP contribution in [0.1, 0.15) is 5.69 Å². The fraction of sp³-hybridized carbons (Fsp3) is 0.158. The Kier molecular flexibility index (Phi) is 4.64. The van der Waals surface area contributed by atoms with Gasteiger partial charge < -0.3 is 5.32 Å². The lowest BCUT2D eigenvalue weighted by Crippen LogP contribution is -2.06. The van der Waals surface area contributed by atoms with Crippen LogP contribution in [0.4, 0.5) is 24.5 Å². The van der Waals surface area contributed by atoms with Gasteiger partial charge in [-0.2, -0.15) is 5.10 Å². The summed E-state index contributed by atoms with van der Waals surface area (Å²) in [5.74, 6) is -0.465. The number of halogens is 3. The molecule has 6 nitrogen and oxygen atoms in total. The number of hydrogen-bond acceptors (Lipinski definition) is 5. The van der Waals surface area contributed by atoms with E-state index < -0.39 is 18.8 Å². The Morgan fingerprint density at radius 1 is 1.11 bits per heavy atom. The first-order valence-electron chi connectivity index (χ1n) is 8.46. The number of anilines is 2. The Hall–Kier alpha value is -3.49. The fourth-order valence-electron chi connectivity index (χ4n) is 2.82. The topological polar surface area (TPSA) is 68.5 Å². The number of nitrogens with one attached hydrogen (secondary N) is 1. The summed E-state index contributed by atoms with van der Waals surface area (Å²) in [6.07, 6.45) is 2.05. The lowest BCUT2D eigenvalue weighted by molar-refractivity contribution is 0.122. The number of rotatable bonds is 5. The van der Waals surface area contributed by atoms with E-state index in [0.29, 0.717) is 33.8 Å². The molecule has 4 aromatic rings. The van der Waals surface area contributed by atoms with Crippen LogP contribution < -0.4 is 5.32 Å². The van der Waals surface area contributed by atoms with Gasteiger partial charge >= 0.3 is 0 Å². The van der Waals surface area contributed by atoms with E-state index in [1.165, 1.54) is 18.5 Å². The van der Waals surface area contributed by atoms with Gasteiger partial charge in [0.25, 0.3) is 6.43 Å². The molecular formula is C19H15F3N6. The SMILES string of the molecule is Cc1ccc(F)c(-c2cc(Nc3ccnc4cn(CC(F)F)nc34)ccn2)n1. The van der Waals surface area contributed by atoms with Gasteiger partial charge in [-0.25, -0.2) is 18.2 Å². The third-order valence-corrected chi connectivity index (χ3v) is 4.04. The molecule has 0 aromatic carbocycles. The molecule has 0 saturated heterocycles. The number of fused-ring (bicyclic) bond motifs is 1. The quantitative estimate of drug-likeness (QED) is 0.554. The predicted octanol–water partition coefficient (Wildman–Crippen LogP) is 4.34. The van der Waals surface area contributed by atoms with Crippen LogP contribution in [0.25, 0.3) is 22.4 Å². The summed E-state index contributed by atoms with van der Waals surface area (Å²) in [5, 5.41) is 7.34. The highest BCUT2D eigenvalue weighted by atomic mass is 19.3. The molecule has 142 valence electrons. The lowest BCUT2D eigenvalue weighted by Gasteiger charge is -2.09. The van der Waals surface area contributed by atoms with E-state index in [4.69, 9.17) is 0 Å². The Morgan fingerprint density at radius 2 is 1.93 bits per heavy atom. The van der Waals surface area contributed by atoms with Gasteiger partial charge in [0.15, 0.2) is 5.82 Å². The number of hydrogen-bond donors (Lipinski definition) is 1. The highest BCUT2D eigenvalue weighted by molar-refractivity contribution is 5.89. The molecule has 0 aliphatic heterocycles. The summed E-state index contributed by atoms with van der Waals surface area (Å²) >= 11 is 0. The Labute approximate surface area is 158 Å². The molecule has 0 atom stereocenters. The van der Waals surface area contributed by atoms with Crippen LogP contribution in [0.5, 0.6) is 0 Å². The average molecular weight is 384 g/mol. The van der Waals surface area contributed by atoms with Gasteiger partial charge in [-0.1, -0.05) is 0 Å². The maximum absolute atomic E-state index is 14.1. The average Bonchev–Trinajstić information content (AvgIpc) is 3.07. The molecule has 0 radical (unpaired) electrons. The summed E-state index contributed by atoms with van der Waals surface area (Å²) in [6.45, 7) is 1.27. The summed E-state index contributed by atoms with van der Waals surface area (Å²) < 4.78 is 40.5. The second-order valence-corrected chi connectivity index (χ2v) is 6.17. The van der Waals surface area contributed by atoms with Crippen molar-refractivity contribution in [1.29, 1.82) is 0 Å². The predicted molar refractivity (Wildman–Crippen MR) is 99.0 cm³/mol. The maximum atomic E-state index is 14.1. The van der Waals surface area contributed by atoms with Crippen LogP contribution in [-0.2, 0) is 6.54 Å². The van der Waals surface area contributed by atoms with Crippen LogP contribution in [-0.4, -0.2) is 31.2 Å². The molecule has 0 spiro atoms. The molecule has 0 bridgehead atoms. The van der Waals surface area contributed by atoms with E-state index in [0.717, 1.165) is 4.68 Å². The van der Waals surface area contributed by atoms with Gasteiger partial charge in [-0.05, 0) is 37.3 Å². The first kappa shape index (κ1) is 17.9. The minimum atomic E-state index is -2.51. The number of pyridine rings is 3. The zero-order valence-electron chi connectivity index (χ0n) is 14.8. The van der Waals surface area contributed by atoms with E-state index in [9.17, 15) is 13.2 Å². The Bertz CT molecular complexity index is 1140. The first-order valence-corrected chi connectivity index (χ1v) is 8.46. The van der Waals surface area contributed by atoms with Crippen molar-refractivity contribution in [2.45, 2.75) is 19.9 Å². The summed E-state index contributed by atoms with van der Waals surface area (Å²) in [6, 6.07) is 7.99. The molecular weight excluding hydrogens is 369 g/mol. The molecule has 0 unspecified atom stereocenters. The van der Waals surface area contributed by atoms with Gasteiger partial charge in [0.05, 0.1) is 17.6 Å². The van der Waals surface area contributed by atoms with Crippen molar-refractivity contribution in [3.05, 3.63) is 60.4 Å². The Morgan fingerprint density at radius 3 is 2.75 bits per heavy atom. The van der Waals surface area contributed by atoms with E-state index >= 15 is 0 Å². The monoisotopic (exact) mass is 384 g/mol. The molecule has 0 aliphatic rings. The minimum absolute atomic E-state index is 0.157. The molecule has 0 saturated carbocycles. The summed E-state index contributed by atoms with van der Waals surface area (Å²) in [5.41, 5.74) is 3.38. The van der Waals surface area contributed by atoms with E-state index in [2.05, 4.69) is 25.4 Å². The molecule has 1 N–H and O–H groups in total. The standard InChI is InChI=1S/C19H15F3N6/c1-11-2-3-13(20)18(25-11)15-8-12(4-6-23-15)26-14-5-7-24-16-9-28(10-17(21)22)27-19(14)16/h2-9,17H,10H2,1H3,(H,23,26). The van der Waals surface area contributed by atoms with Crippen molar-refractivity contribution in [2.24, 2.45) is 0 Å². The van der Waals surface area contributed by atoms with Crippen LogP contribution in [0.2, 0.25) is 0 Å². The van der Waals surface area contributed by atoms with Crippen molar-refractivity contribution in [1.82, 2.24) is 24.7 Å². The van der Waals surface area contributed by atoms with Crippen molar-refractivity contribution < 1.29 is 13.2 Å². The summed E-state index contributed by atoms with van der Waals surface area (Å²) in [4.78, 5) is 12.6. The second kappa shape index (κ2) is 7.26. The van der Waals surface area contributed by atoms with E-state index in [1.54, 1.807) is 37.4 Å². The highest BCUT2D eigenvalue weighted by Gasteiger charge is 2.13. The zero-order valence-corrected chi connectivity index (χ0v) is 14.8. The molecule has 0 fully saturated rings. The zero-order chi connectivity index (χ0) is 19.7. The number of nitrogens with zero attached hydrogens (tertiary/aromatic N) is 5. The molecule has 28 heavy (non-hydrogen) atoms. The lowest BCUT2D eigenvalue weighted by atomic mass is 10.2. The number of alkyl halides is 2. The third-order valence-electron chi connectivity index (χ3n) is 4.04.